The molecule has 7 nitrogen and oxygen atoms in total. The maximum Gasteiger partial charge on any atom is 0.267 e. The van der Waals surface area contributed by atoms with Gasteiger partial charge < -0.3 is 9.64 Å². The number of carbonyl (C=O) groups is 1. The zero-order valence-corrected chi connectivity index (χ0v) is 21.2. The standard InChI is InChI=1S/C24H30N4O3S2/c1-5-6-7-10-27-23(30)19(33-24(27)32)11-18-21(26-13-16(3)31-17(4)14-26)25-20-9-8-15(2)12-28(20)22(18)29/h8-9,11-12,16-17H,5-7,10,13-14H2,1-4H3/b19-11+. The molecule has 2 saturated heterocycles. The second-order valence-electron chi connectivity index (χ2n) is 8.79. The van der Waals surface area contributed by atoms with E-state index < -0.39 is 0 Å². The van der Waals surface area contributed by atoms with Crippen molar-refractivity contribution in [2.75, 3.05) is 24.5 Å². The molecule has 0 spiro atoms. The van der Waals surface area contributed by atoms with Crippen molar-refractivity contribution in [1.82, 2.24) is 14.3 Å². The number of carbonyl (C=O) groups excluding carboxylic acids is 1. The van der Waals surface area contributed by atoms with E-state index in [4.69, 9.17) is 21.9 Å². The summed E-state index contributed by atoms with van der Waals surface area (Å²) in [5, 5.41) is 0. The van der Waals surface area contributed by atoms with Crippen LogP contribution in [0.5, 0.6) is 0 Å². The van der Waals surface area contributed by atoms with Crippen LogP contribution in [0.25, 0.3) is 11.7 Å². The highest BCUT2D eigenvalue weighted by atomic mass is 32.2. The van der Waals surface area contributed by atoms with Gasteiger partial charge in [0.1, 0.15) is 15.8 Å². The molecule has 33 heavy (non-hydrogen) atoms. The van der Waals surface area contributed by atoms with Gasteiger partial charge in [0.15, 0.2) is 0 Å². The molecule has 0 aliphatic carbocycles. The van der Waals surface area contributed by atoms with E-state index in [1.54, 1.807) is 21.6 Å². The lowest BCUT2D eigenvalue weighted by Crippen LogP contribution is -2.46. The number of thioether (sulfide) groups is 1. The molecule has 0 N–H and O–H groups in total. The lowest BCUT2D eigenvalue weighted by atomic mass is 10.1. The van der Waals surface area contributed by atoms with Crippen molar-refractivity contribution in [2.45, 2.75) is 59.2 Å². The summed E-state index contributed by atoms with van der Waals surface area (Å²) < 4.78 is 7.99. The molecule has 9 heteroatoms. The van der Waals surface area contributed by atoms with Gasteiger partial charge in [-0.15, -0.1) is 0 Å². The molecule has 2 unspecified atom stereocenters. The van der Waals surface area contributed by atoms with Gasteiger partial charge in [-0.05, 0) is 44.9 Å². The minimum absolute atomic E-state index is 0.0108. The smallest absolute Gasteiger partial charge is 0.267 e. The van der Waals surface area contributed by atoms with Crippen LogP contribution in [0.2, 0.25) is 0 Å². The second-order valence-corrected chi connectivity index (χ2v) is 10.5. The Morgan fingerprint density at radius 3 is 2.64 bits per heavy atom. The number of hydrogen-bond donors (Lipinski definition) is 0. The first-order chi connectivity index (χ1) is 15.8. The molecule has 4 heterocycles. The molecule has 0 aromatic carbocycles. The summed E-state index contributed by atoms with van der Waals surface area (Å²) in [5.41, 5.74) is 1.76. The van der Waals surface area contributed by atoms with Crippen LogP contribution in [0.15, 0.2) is 28.0 Å². The average molecular weight is 487 g/mol. The molecular formula is C24H30N4O3S2. The molecule has 4 rings (SSSR count). The fourth-order valence-corrected chi connectivity index (χ4v) is 5.60. The number of aromatic nitrogens is 2. The summed E-state index contributed by atoms with van der Waals surface area (Å²) in [6.45, 7) is 9.94. The highest BCUT2D eigenvalue weighted by Crippen LogP contribution is 2.34. The van der Waals surface area contributed by atoms with Crippen LogP contribution in [0, 0.1) is 6.92 Å². The van der Waals surface area contributed by atoms with Gasteiger partial charge in [0, 0.05) is 25.8 Å². The summed E-state index contributed by atoms with van der Waals surface area (Å²) in [4.78, 5) is 35.8. The number of aryl methyl sites for hydroxylation is 1. The molecule has 1 amide bonds. The van der Waals surface area contributed by atoms with Gasteiger partial charge in [0.25, 0.3) is 11.5 Å². The van der Waals surface area contributed by atoms with Gasteiger partial charge in [-0.1, -0.05) is 49.8 Å². The van der Waals surface area contributed by atoms with Crippen molar-refractivity contribution in [2.24, 2.45) is 0 Å². The maximum atomic E-state index is 13.6. The predicted molar refractivity (Wildman–Crippen MR) is 138 cm³/mol. The predicted octanol–water partition coefficient (Wildman–Crippen LogP) is 4.01. The van der Waals surface area contributed by atoms with E-state index in [-0.39, 0.29) is 23.7 Å². The van der Waals surface area contributed by atoms with Crippen LogP contribution in [-0.4, -0.2) is 56.4 Å². The Labute approximate surface area is 203 Å². The van der Waals surface area contributed by atoms with Crippen molar-refractivity contribution < 1.29 is 9.53 Å². The van der Waals surface area contributed by atoms with Crippen molar-refractivity contribution >= 4 is 51.7 Å². The summed E-state index contributed by atoms with van der Waals surface area (Å²) >= 11 is 6.74. The first-order valence-corrected chi connectivity index (χ1v) is 12.7. The van der Waals surface area contributed by atoms with Crippen LogP contribution in [0.1, 0.15) is 51.2 Å². The minimum Gasteiger partial charge on any atom is -0.372 e. The van der Waals surface area contributed by atoms with Crippen molar-refractivity contribution in [3.05, 3.63) is 44.7 Å². The summed E-state index contributed by atoms with van der Waals surface area (Å²) in [7, 11) is 0. The monoisotopic (exact) mass is 486 g/mol. The normalized spacial score (nSPS) is 22.7. The lowest BCUT2D eigenvalue weighted by molar-refractivity contribution is -0.122. The fourth-order valence-electron chi connectivity index (χ4n) is 4.31. The Bertz CT molecular complexity index is 1170. The summed E-state index contributed by atoms with van der Waals surface area (Å²) in [5.74, 6) is 0.451. The Morgan fingerprint density at radius 2 is 1.94 bits per heavy atom. The van der Waals surface area contributed by atoms with Crippen LogP contribution in [0.3, 0.4) is 0 Å². The minimum atomic E-state index is -0.193. The number of anilines is 1. The van der Waals surface area contributed by atoms with E-state index in [9.17, 15) is 9.59 Å². The third-order valence-electron chi connectivity index (χ3n) is 5.84. The number of nitrogens with zero attached hydrogens (tertiary/aromatic N) is 4. The van der Waals surface area contributed by atoms with E-state index in [0.717, 1.165) is 24.8 Å². The van der Waals surface area contributed by atoms with E-state index >= 15 is 0 Å². The molecule has 2 fully saturated rings. The van der Waals surface area contributed by atoms with Gasteiger partial charge in [-0.25, -0.2) is 4.98 Å². The maximum absolute atomic E-state index is 13.6. The molecule has 2 aromatic rings. The number of morpholine rings is 1. The number of amides is 1. The molecular weight excluding hydrogens is 456 g/mol. The molecule has 2 aromatic heterocycles. The zero-order valence-electron chi connectivity index (χ0n) is 19.5. The Morgan fingerprint density at radius 1 is 1.21 bits per heavy atom. The van der Waals surface area contributed by atoms with E-state index in [1.165, 1.54) is 11.8 Å². The number of rotatable bonds is 6. The SMILES string of the molecule is CCCCCN1C(=O)/C(=C\c2c(N3CC(C)OC(C)C3)nc3ccc(C)cn3c2=O)SC1=S. The molecule has 2 aliphatic heterocycles. The van der Waals surface area contributed by atoms with Crippen LogP contribution >= 0.6 is 24.0 Å². The third-order valence-corrected chi connectivity index (χ3v) is 7.22. The first kappa shape index (κ1) is 23.9. The fraction of sp³-hybridized carbons (Fsp3) is 0.500. The second kappa shape index (κ2) is 9.95. The average Bonchev–Trinajstić information content (AvgIpc) is 3.02. The Kier molecular flexibility index (Phi) is 7.21. The molecule has 2 atom stereocenters. The van der Waals surface area contributed by atoms with Gasteiger partial charge >= 0.3 is 0 Å². The number of ether oxygens (including phenoxy) is 1. The zero-order chi connectivity index (χ0) is 23.7. The van der Waals surface area contributed by atoms with Gasteiger partial charge in [-0.2, -0.15) is 0 Å². The number of thiocarbonyl (C=S) groups is 1. The Balaban J connectivity index is 1.80. The van der Waals surface area contributed by atoms with Gasteiger partial charge in [0.05, 0.1) is 22.7 Å². The Hall–Kier alpha value is -2.23. The molecule has 0 radical (unpaired) electrons. The quantitative estimate of drug-likeness (QED) is 0.347. The first-order valence-electron chi connectivity index (χ1n) is 11.5. The van der Waals surface area contributed by atoms with Crippen molar-refractivity contribution in [1.29, 1.82) is 0 Å². The molecule has 2 aliphatic rings. The van der Waals surface area contributed by atoms with Crippen molar-refractivity contribution in [3.8, 4) is 0 Å². The van der Waals surface area contributed by atoms with Crippen molar-refractivity contribution in [3.63, 3.8) is 0 Å². The van der Waals surface area contributed by atoms with Crippen LogP contribution < -0.4 is 10.5 Å². The van der Waals surface area contributed by atoms with Crippen LogP contribution in [-0.2, 0) is 9.53 Å². The summed E-state index contributed by atoms with van der Waals surface area (Å²) in [6.07, 6.45) is 6.51. The van der Waals surface area contributed by atoms with Gasteiger partial charge in [-0.3, -0.25) is 18.9 Å². The highest BCUT2D eigenvalue weighted by molar-refractivity contribution is 8.26. The van der Waals surface area contributed by atoms with E-state index in [2.05, 4.69) is 11.8 Å². The number of unbranched alkanes of at least 4 members (excludes halogenated alkanes) is 2. The largest absolute Gasteiger partial charge is 0.372 e. The number of hydrogen-bond acceptors (Lipinski definition) is 7. The molecule has 0 bridgehead atoms. The third kappa shape index (κ3) is 5.00. The number of fused-ring (bicyclic) bond motifs is 1. The lowest BCUT2D eigenvalue weighted by Gasteiger charge is -2.36. The van der Waals surface area contributed by atoms with E-state index in [0.29, 0.717) is 45.9 Å². The number of pyridine rings is 1. The highest BCUT2D eigenvalue weighted by Gasteiger charge is 2.33. The van der Waals surface area contributed by atoms with Crippen LogP contribution in [0.4, 0.5) is 5.82 Å². The molecule has 0 saturated carbocycles. The topological polar surface area (TPSA) is 67.2 Å². The van der Waals surface area contributed by atoms with Gasteiger partial charge in [0.2, 0.25) is 0 Å². The summed E-state index contributed by atoms with van der Waals surface area (Å²) in [6, 6.07) is 3.79. The molecule has 176 valence electrons. The van der Waals surface area contributed by atoms with E-state index in [1.807, 2.05) is 32.9 Å².